The van der Waals surface area contributed by atoms with Crippen LogP contribution in [-0.2, 0) is 19.6 Å². The van der Waals surface area contributed by atoms with Crippen LogP contribution in [0.1, 0.15) is 57.6 Å². The molecular weight excluding hydrogens is 366 g/mol. The van der Waals surface area contributed by atoms with Gasteiger partial charge in [0.25, 0.3) is 0 Å². The summed E-state index contributed by atoms with van der Waals surface area (Å²) >= 11 is 0. The summed E-state index contributed by atoms with van der Waals surface area (Å²) in [5.74, 6) is -0.396. The Morgan fingerprint density at radius 2 is 1.63 bits per heavy atom. The molecule has 1 aromatic carbocycles. The molecule has 1 aromatic rings. The van der Waals surface area contributed by atoms with E-state index >= 15 is 0 Å². The Balaban J connectivity index is 2.14. The highest BCUT2D eigenvalue weighted by atomic mass is 32.2. The van der Waals surface area contributed by atoms with Crippen LogP contribution in [0, 0.1) is 0 Å². The van der Waals surface area contributed by atoms with Gasteiger partial charge in [-0.05, 0) is 37.5 Å². The number of hydrogen-bond donors (Lipinski definition) is 2. The standard InChI is InChI=1S/C19H29N3O4S/c1-14(16-8-10-17(11-9-16)27(25,26)22(3)4)20-18(24)19(21-15(2)23)12-6-5-7-13-19/h8-11,14H,5-7,12-13H2,1-4H3,(H,20,24)(H,21,23). The maximum atomic E-state index is 12.9. The van der Waals surface area contributed by atoms with Crippen molar-refractivity contribution in [3.63, 3.8) is 0 Å². The first-order chi connectivity index (χ1) is 12.6. The van der Waals surface area contributed by atoms with Crippen LogP contribution in [0.5, 0.6) is 0 Å². The first-order valence-electron chi connectivity index (χ1n) is 9.21. The summed E-state index contributed by atoms with van der Waals surface area (Å²) in [5.41, 5.74) is -0.0538. The number of nitrogens with one attached hydrogen (secondary N) is 2. The van der Waals surface area contributed by atoms with Gasteiger partial charge in [0.2, 0.25) is 21.8 Å². The molecule has 0 aromatic heterocycles. The fourth-order valence-corrected chi connectivity index (χ4v) is 4.36. The van der Waals surface area contributed by atoms with E-state index in [1.807, 2.05) is 6.92 Å². The Morgan fingerprint density at radius 1 is 1.07 bits per heavy atom. The number of sulfonamides is 1. The molecule has 0 aliphatic heterocycles. The minimum atomic E-state index is -3.48. The van der Waals surface area contributed by atoms with E-state index in [-0.39, 0.29) is 22.8 Å². The van der Waals surface area contributed by atoms with Crippen LogP contribution in [0.15, 0.2) is 29.2 Å². The van der Waals surface area contributed by atoms with Crippen LogP contribution in [0.25, 0.3) is 0 Å². The predicted octanol–water partition coefficient (Wildman–Crippen LogP) is 1.95. The van der Waals surface area contributed by atoms with Crippen molar-refractivity contribution in [2.75, 3.05) is 14.1 Å². The summed E-state index contributed by atoms with van der Waals surface area (Å²) in [6.45, 7) is 3.27. The van der Waals surface area contributed by atoms with Crippen LogP contribution in [0.4, 0.5) is 0 Å². The lowest BCUT2D eigenvalue weighted by atomic mass is 9.80. The van der Waals surface area contributed by atoms with Crippen molar-refractivity contribution in [3.8, 4) is 0 Å². The minimum Gasteiger partial charge on any atom is -0.348 e. The van der Waals surface area contributed by atoms with Gasteiger partial charge in [0.15, 0.2) is 0 Å². The van der Waals surface area contributed by atoms with Crippen molar-refractivity contribution in [2.24, 2.45) is 0 Å². The van der Waals surface area contributed by atoms with Gasteiger partial charge in [-0.25, -0.2) is 12.7 Å². The van der Waals surface area contributed by atoms with Gasteiger partial charge >= 0.3 is 0 Å². The van der Waals surface area contributed by atoms with E-state index in [0.717, 1.165) is 29.1 Å². The largest absolute Gasteiger partial charge is 0.348 e. The van der Waals surface area contributed by atoms with E-state index in [2.05, 4.69) is 10.6 Å². The highest BCUT2D eigenvalue weighted by molar-refractivity contribution is 7.89. The molecule has 0 bridgehead atoms. The molecule has 2 N–H and O–H groups in total. The monoisotopic (exact) mass is 395 g/mol. The molecule has 0 heterocycles. The van der Waals surface area contributed by atoms with Gasteiger partial charge in [-0.3, -0.25) is 9.59 Å². The summed E-state index contributed by atoms with van der Waals surface area (Å²) in [7, 11) is -0.517. The van der Waals surface area contributed by atoms with E-state index < -0.39 is 15.6 Å². The van der Waals surface area contributed by atoms with Gasteiger partial charge in [0, 0.05) is 21.0 Å². The van der Waals surface area contributed by atoms with Gasteiger partial charge in [0.05, 0.1) is 10.9 Å². The molecule has 1 atom stereocenters. The third kappa shape index (κ3) is 4.87. The quantitative estimate of drug-likeness (QED) is 0.770. The number of nitrogens with zero attached hydrogens (tertiary/aromatic N) is 1. The number of rotatable bonds is 6. The summed E-state index contributed by atoms with van der Waals surface area (Å²) in [6.07, 6.45) is 4.13. The van der Waals surface area contributed by atoms with Crippen LogP contribution < -0.4 is 10.6 Å². The van der Waals surface area contributed by atoms with Gasteiger partial charge in [-0.1, -0.05) is 31.4 Å². The second-order valence-corrected chi connectivity index (χ2v) is 9.53. The van der Waals surface area contributed by atoms with Gasteiger partial charge in [-0.2, -0.15) is 0 Å². The molecule has 0 saturated heterocycles. The Morgan fingerprint density at radius 3 is 2.11 bits per heavy atom. The highest BCUT2D eigenvalue weighted by Gasteiger charge is 2.40. The van der Waals surface area contributed by atoms with Crippen molar-refractivity contribution in [2.45, 2.75) is 62.4 Å². The zero-order valence-electron chi connectivity index (χ0n) is 16.4. The molecule has 1 unspecified atom stereocenters. The van der Waals surface area contributed by atoms with Gasteiger partial charge in [-0.15, -0.1) is 0 Å². The number of amides is 2. The van der Waals surface area contributed by atoms with Crippen molar-refractivity contribution < 1.29 is 18.0 Å². The first kappa shape index (κ1) is 21.4. The molecule has 1 fully saturated rings. The Labute approximate surface area is 161 Å². The molecule has 2 amide bonds. The van der Waals surface area contributed by atoms with Gasteiger partial charge in [0.1, 0.15) is 5.54 Å². The van der Waals surface area contributed by atoms with Crippen molar-refractivity contribution in [1.82, 2.24) is 14.9 Å². The molecule has 8 heteroatoms. The number of carbonyl (C=O) groups is 2. The summed E-state index contributed by atoms with van der Waals surface area (Å²) in [4.78, 5) is 24.7. The zero-order valence-corrected chi connectivity index (χ0v) is 17.2. The average Bonchev–Trinajstić information content (AvgIpc) is 2.61. The van der Waals surface area contributed by atoms with E-state index in [9.17, 15) is 18.0 Å². The van der Waals surface area contributed by atoms with E-state index in [4.69, 9.17) is 0 Å². The van der Waals surface area contributed by atoms with Crippen LogP contribution in [0.2, 0.25) is 0 Å². The summed E-state index contributed by atoms with van der Waals surface area (Å²) < 4.78 is 25.5. The van der Waals surface area contributed by atoms with E-state index in [1.165, 1.54) is 33.2 Å². The Bertz CT molecular complexity index is 782. The van der Waals surface area contributed by atoms with Crippen molar-refractivity contribution in [1.29, 1.82) is 0 Å². The van der Waals surface area contributed by atoms with Crippen molar-refractivity contribution >= 4 is 21.8 Å². The molecule has 0 spiro atoms. The predicted molar refractivity (Wildman–Crippen MR) is 104 cm³/mol. The number of hydrogen-bond acceptors (Lipinski definition) is 4. The van der Waals surface area contributed by atoms with Crippen molar-refractivity contribution in [3.05, 3.63) is 29.8 Å². The molecule has 1 aliphatic carbocycles. The summed E-state index contributed by atoms with van der Waals surface area (Å²) in [5, 5.41) is 5.84. The lowest BCUT2D eigenvalue weighted by Gasteiger charge is -2.37. The molecular formula is C19H29N3O4S. The van der Waals surface area contributed by atoms with E-state index in [1.54, 1.807) is 12.1 Å². The molecule has 1 saturated carbocycles. The average molecular weight is 396 g/mol. The third-order valence-corrected chi connectivity index (χ3v) is 6.89. The smallest absolute Gasteiger partial charge is 0.246 e. The molecule has 27 heavy (non-hydrogen) atoms. The molecule has 7 nitrogen and oxygen atoms in total. The minimum absolute atomic E-state index is 0.185. The lowest BCUT2D eigenvalue weighted by Crippen LogP contribution is -2.59. The van der Waals surface area contributed by atoms with Crippen LogP contribution in [-0.4, -0.2) is 44.2 Å². The van der Waals surface area contributed by atoms with E-state index in [0.29, 0.717) is 12.8 Å². The fraction of sp³-hybridized carbons (Fsp3) is 0.579. The molecule has 2 rings (SSSR count). The summed E-state index contributed by atoms with van der Waals surface area (Å²) in [6, 6.07) is 6.18. The Kier molecular flexibility index (Phi) is 6.64. The highest BCUT2D eigenvalue weighted by Crippen LogP contribution is 2.29. The second kappa shape index (κ2) is 8.39. The SMILES string of the molecule is CC(=O)NC1(C(=O)NC(C)c2ccc(S(=O)(=O)N(C)C)cc2)CCCCC1. The fourth-order valence-electron chi connectivity index (χ4n) is 3.46. The number of benzene rings is 1. The second-order valence-electron chi connectivity index (χ2n) is 7.38. The lowest BCUT2D eigenvalue weighted by molar-refractivity contribution is -0.134. The Hall–Kier alpha value is -1.93. The topological polar surface area (TPSA) is 95.6 Å². The molecule has 1 aliphatic rings. The third-order valence-electron chi connectivity index (χ3n) is 5.06. The molecule has 0 radical (unpaired) electrons. The first-order valence-corrected chi connectivity index (χ1v) is 10.6. The zero-order chi connectivity index (χ0) is 20.2. The van der Waals surface area contributed by atoms with Crippen LogP contribution >= 0.6 is 0 Å². The molecule has 150 valence electrons. The maximum absolute atomic E-state index is 12.9. The number of carbonyl (C=O) groups excluding carboxylic acids is 2. The van der Waals surface area contributed by atoms with Gasteiger partial charge < -0.3 is 10.6 Å². The van der Waals surface area contributed by atoms with Crippen LogP contribution in [0.3, 0.4) is 0 Å². The maximum Gasteiger partial charge on any atom is 0.246 e. The normalized spacial score (nSPS) is 18.0.